The summed E-state index contributed by atoms with van der Waals surface area (Å²) in [4.78, 5) is 0. The minimum atomic E-state index is -0.693. The third-order valence-electron chi connectivity index (χ3n) is 0.436. The molecular formula is C4H6Cl3. The fraction of sp³-hybridized carbons (Fsp3) is 0.750. The Balaban J connectivity index is 3.15. The first kappa shape index (κ1) is 7.87. The smallest absolute Gasteiger partial charge is 0.117 e. The van der Waals surface area contributed by atoms with Gasteiger partial charge < -0.3 is 0 Å². The van der Waals surface area contributed by atoms with Crippen LogP contribution < -0.4 is 0 Å². The highest BCUT2D eigenvalue weighted by Crippen LogP contribution is 2.25. The molecule has 0 aromatic carbocycles. The Morgan fingerprint density at radius 2 is 2.00 bits per heavy atom. The van der Waals surface area contributed by atoms with Crippen LogP contribution in [-0.2, 0) is 0 Å². The van der Waals surface area contributed by atoms with Gasteiger partial charge in [-0.05, 0) is 13.3 Å². The zero-order valence-corrected chi connectivity index (χ0v) is 6.19. The molecule has 0 N–H and O–H groups in total. The minimum Gasteiger partial charge on any atom is -0.121 e. The van der Waals surface area contributed by atoms with Crippen molar-refractivity contribution in [3.8, 4) is 0 Å². The number of alkyl halides is 2. The molecule has 0 bridgehead atoms. The van der Waals surface area contributed by atoms with E-state index in [-0.39, 0.29) is 0 Å². The van der Waals surface area contributed by atoms with Crippen molar-refractivity contribution in [2.75, 3.05) is 0 Å². The Labute approximate surface area is 58.7 Å². The Hall–Kier alpha value is 0.870. The average molecular weight is 160 g/mol. The predicted octanol–water partition coefficient (Wildman–Crippen LogP) is 2.97. The molecule has 0 fully saturated rings. The van der Waals surface area contributed by atoms with Gasteiger partial charge in [-0.25, -0.2) is 0 Å². The summed E-state index contributed by atoms with van der Waals surface area (Å²) < 4.78 is -0.693. The second kappa shape index (κ2) is 3.01. The maximum atomic E-state index is 5.48. The fourth-order valence-electron chi connectivity index (χ4n) is 0.135. The van der Waals surface area contributed by atoms with Crippen molar-refractivity contribution in [3.63, 3.8) is 0 Å². The summed E-state index contributed by atoms with van der Waals surface area (Å²) in [6, 6.07) is 0. The maximum Gasteiger partial charge on any atom is 0.117 e. The fourth-order valence-corrected chi connectivity index (χ4v) is 0.756. The highest BCUT2D eigenvalue weighted by Gasteiger charge is 2.13. The summed E-state index contributed by atoms with van der Waals surface area (Å²) in [7, 11) is 0. The van der Waals surface area contributed by atoms with Gasteiger partial charge in [0, 0.05) is 0 Å². The first-order chi connectivity index (χ1) is 3.06. The molecule has 0 aliphatic heterocycles. The predicted molar refractivity (Wildman–Crippen MR) is 34.9 cm³/mol. The first-order valence-electron chi connectivity index (χ1n) is 1.86. The van der Waals surface area contributed by atoms with Gasteiger partial charge in [-0.1, -0.05) is 0 Å². The van der Waals surface area contributed by atoms with E-state index in [0.29, 0.717) is 6.42 Å². The van der Waals surface area contributed by atoms with Gasteiger partial charge in [0.05, 0.1) is 5.88 Å². The number of rotatable bonds is 2. The van der Waals surface area contributed by atoms with Crippen LogP contribution in [0.15, 0.2) is 0 Å². The largest absolute Gasteiger partial charge is 0.121 e. The van der Waals surface area contributed by atoms with Gasteiger partial charge in [0.2, 0.25) is 0 Å². The van der Waals surface area contributed by atoms with E-state index < -0.39 is 4.33 Å². The lowest BCUT2D eigenvalue weighted by atomic mass is 10.4. The summed E-state index contributed by atoms with van der Waals surface area (Å²) in [6.45, 7) is 1.69. The van der Waals surface area contributed by atoms with Crippen molar-refractivity contribution < 1.29 is 0 Å². The summed E-state index contributed by atoms with van der Waals surface area (Å²) in [6.07, 6.45) is 0.512. The molecule has 0 unspecified atom stereocenters. The van der Waals surface area contributed by atoms with Crippen LogP contribution in [0.3, 0.4) is 0 Å². The second-order valence-corrected chi connectivity index (χ2v) is 3.60. The summed E-state index contributed by atoms with van der Waals surface area (Å²) in [5.74, 6) is 1.42. The number of hydrogen-bond acceptors (Lipinski definition) is 0. The van der Waals surface area contributed by atoms with Crippen molar-refractivity contribution in [2.24, 2.45) is 0 Å². The van der Waals surface area contributed by atoms with Crippen LogP contribution in [0.1, 0.15) is 13.3 Å². The molecule has 0 saturated heterocycles. The second-order valence-electron chi connectivity index (χ2n) is 1.43. The summed E-state index contributed by atoms with van der Waals surface area (Å²) in [5.41, 5.74) is 0. The third kappa shape index (κ3) is 6.87. The molecule has 0 heterocycles. The molecule has 0 rings (SSSR count). The molecule has 7 heavy (non-hydrogen) atoms. The number of hydrogen-bond donors (Lipinski definition) is 0. The molecule has 0 amide bonds. The van der Waals surface area contributed by atoms with Crippen LogP contribution in [0, 0.1) is 5.88 Å². The average Bonchev–Trinajstić information content (AvgIpc) is 1.30. The van der Waals surface area contributed by atoms with Crippen LogP contribution in [0.25, 0.3) is 0 Å². The molecule has 1 radical (unpaired) electrons. The van der Waals surface area contributed by atoms with E-state index in [1.54, 1.807) is 6.92 Å². The van der Waals surface area contributed by atoms with Crippen molar-refractivity contribution in [3.05, 3.63) is 5.88 Å². The van der Waals surface area contributed by atoms with Crippen LogP contribution >= 0.6 is 34.8 Å². The molecule has 3 heteroatoms. The Bertz CT molecular complexity index is 45.4. The van der Waals surface area contributed by atoms with Crippen molar-refractivity contribution in [1.29, 1.82) is 0 Å². The highest BCUT2D eigenvalue weighted by molar-refractivity contribution is 6.48. The SMILES string of the molecule is CC(Cl)(Cl)C[CH]Cl. The zero-order valence-electron chi connectivity index (χ0n) is 3.92. The lowest BCUT2D eigenvalue weighted by Gasteiger charge is -2.07. The first-order valence-corrected chi connectivity index (χ1v) is 3.05. The molecule has 0 spiro atoms. The Kier molecular flexibility index (Phi) is 3.38. The molecule has 43 valence electrons. The van der Waals surface area contributed by atoms with E-state index in [4.69, 9.17) is 34.8 Å². The summed E-state index contributed by atoms with van der Waals surface area (Å²) >= 11 is 16.2. The molecule has 0 saturated carbocycles. The molecule has 0 aliphatic carbocycles. The van der Waals surface area contributed by atoms with Gasteiger partial charge >= 0.3 is 0 Å². The quantitative estimate of drug-likeness (QED) is 0.545. The topological polar surface area (TPSA) is 0 Å². The zero-order chi connectivity index (χ0) is 5.91. The molecule has 0 aliphatic rings. The van der Waals surface area contributed by atoms with E-state index in [2.05, 4.69) is 0 Å². The van der Waals surface area contributed by atoms with Gasteiger partial charge in [-0.2, -0.15) is 0 Å². The van der Waals surface area contributed by atoms with Crippen molar-refractivity contribution in [2.45, 2.75) is 17.7 Å². The Morgan fingerprint density at radius 3 is 2.00 bits per heavy atom. The van der Waals surface area contributed by atoms with E-state index in [0.717, 1.165) is 0 Å². The minimum absolute atomic E-state index is 0.512. The van der Waals surface area contributed by atoms with E-state index >= 15 is 0 Å². The van der Waals surface area contributed by atoms with Gasteiger partial charge in [0.15, 0.2) is 0 Å². The lowest BCUT2D eigenvalue weighted by molar-refractivity contribution is 0.869. The van der Waals surface area contributed by atoms with Crippen molar-refractivity contribution in [1.82, 2.24) is 0 Å². The molecular weight excluding hydrogens is 154 g/mol. The van der Waals surface area contributed by atoms with Gasteiger partial charge in [0.25, 0.3) is 0 Å². The maximum absolute atomic E-state index is 5.48. The lowest BCUT2D eigenvalue weighted by Crippen LogP contribution is -2.03. The van der Waals surface area contributed by atoms with Crippen molar-refractivity contribution >= 4 is 34.8 Å². The van der Waals surface area contributed by atoms with Gasteiger partial charge in [-0.15, -0.1) is 34.8 Å². The van der Waals surface area contributed by atoms with Crippen LogP contribution in [0.2, 0.25) is 0 Å². The van der Waals surface area contributed by atoms with E-state index in [1.165, 1.54) is 5.88 Å². The van der Waals surface area contributed by atoms with Crippen LogP contribution in [0.5, 0.6) is 0 Å². The van der Waals surface area contributed by atoms with Crippen LogP contribution in [-0.4, -0.2) is 4.33 Å². The summed E-state index contributed by atoms with van der Waals surface area (Å²) in [5, 5.41) is 0. The molecule has 0 nitrogen and oxygen atoms in total. The normalized spacial score (nSPS) is 12.0. The molecule has 0 aromatic heterocycles. The molecule has 0 aromatic rings. The van der Waals surface area contributed by atoms with Crippen LogP contribution in [0.4, 0.5) is 0 Å². The molecule has 0 atom stereocenters. The van der Waals surface area contributed by atoms with E-state index in [9.17, 15) is 0 Å². The highest BCUT2D eigenvalue weighted by atomic mass is 35.5. The monoisotopic (exact) mass is 159 g/mol. The van der Waals surface area contributed by atoms with Gasteiger partial charge in [0.1, 0.15) is 4.33 Å². The third-order valence-corrected chi connectivity index (χ3v) is 0.898. The number of halogens is 3. The Morgan fingerprint density at radius 1 is 1.57 bits per heavy atom. The van der Waals surface area contributed by atoms with Gasteiger partial charge in [-0.3, -0.25) is 0 Å². The van der Waals surface area contributed by atoms with E-state index in [1.807, 2.05) is 0 Å². The standard InChI is InChI=1S/C4H6Cl3/c1-4(6,7)2-3-5/h3H,2H2,1H3.